The Kier molecular flexibility index (Phi) is 5.00. The monoisotopic (exact) mass is 322 g/mol. The lowest BCUT2D eigenvalue weighted by Crippen LogP contribution is -2.35. The Morgan fingerprint density at radius 2 is 1.52 bits per heavy atom. The van der Waals surface area contributed by atoms with Crippen molar-refractivity contribution in [3.05, 3.63) is 65.5 Å². The van der Waals surface area contributed by atoms with Gasteiger partial charge in [-0.1, -0.05) is 6.07 Å². The minimum atomic E-state index is -1.03. The van der Waals surface area contributed by atoms with Gasteiger partial charge in [0.2, 0.25) is 5.91 Å². The molecule has 0 radical (unpaired) electrons. The van der Waals surface area contributed by atoms with Gasteiger partial charge in [-0.15, -0.1) is 0 Å². The molecule has 0 aliphatic heterocycles. The summed E-state index contributed by atoms with van der Waals surface area (Å²) in [5.74, 6) is -4.25. The number of hydrogen-bond donors (Lipinski definition) is 1. The summed E-state index contributed by atoms with van der Waals surface area (Å²) in [6.45, 7) is -0.187. The third-order valence-corrected chi connectivity index (χ3v) is 3.14. The molecule has 2 aromatic rings. The maximum Gasteiger partial charge on any atom is 0.264 e. The van der Waals surface area contributed by atoms with Crippen LogP contribution in [0.2, 0.25) is 0 Å². The first-order valence-electron chi connectivity index (χ1n) is 6.70. The summed E-state index contributed by atoms with van der Waals surface area (Å²) in [6, 6.07) is 7.77. The molecule has 0 heterocycles. The van der Waals surface area contributed by atoms with Crippen LogP contribution in [0.4, 0.5) is 18.9 Å². The van der Waals surface area contributed by atoms with E-state index in [9.17, 15) is 22.8 Å². The molecule has 4 nitrogen and oxygen atoms in total. The summed E-state index contributed by atoms with van der Waals surface area (Å²) in [4.78, 5) is 24.4. The predicted molar refractivity (Wildman–Crippen MR) is 78.2 cm³/mol. The van der Waals surface area contributed by atoms with Crippen LogP contribution in [-0.4, -0.2) is 18.4 Å². The highest BCUT2D eigenvalue weighted by molar-refractivity contribution is 6.06. The van der Waals surface area contributed by atoms with Gasteiger partial charge in [0.1, 0.15) is 23.0 Å². The molecule has 23 heavy (non-hydrogen) atoms. The van der Waals surface area contributed by atoms with E-state index in [2.05, 4.69) is 0 Å². The van der Waals surface area contributed by atoms with Gasteiger partial charge in [0, 0.05) is 18.7 Å². The fraction of sp³-hybridized carbons (Fsp3) is 0.125. The molecule has 7 heteroatoms. The zero-order valence-electron chi connectivity index (χ0n) is 11.9. The second-order valence-corrected chi connectivity index (χ2v) is 4.75. The highest BCUT2D eigenvalue weighted by Crippen LogP contribution is 2.21. The Balaban J connectivity index is 2.42. The number of benzene rings is 2. The lowest BCUT2D eigenvalue weighted by Gasteiger charge is -2.23. The van der Waals surface area contributed by atoms with E-state index in [1.54, 1.807) is 0 Å². The summed E-state index contributed by atoms with van der Waals surface area (Å²) in [6.07, 6.45) is -0.209. The number of rotatable bonds is 5. The van der Waals surface area contributed by atoms with E-state index in [4.69, 9.17) is 5.73 Å². The number of nitrogens with two attached hydrogens (primary N) is 1. The topological polar surface area (TPSA) is 63.4 Å². The molecule has 0 saturated heterocycles. The van der Waals surface area contributed by atoms with Gasteiger partial charge < -0.3 is 10.6 Å². The lowest BCUT2D eigenvalue weighted by molar-refractivity contribution is -0.117. The smallest absolute Gasteiger partial charge is 0.264 e. The van der Waals surface area contributed by atoms with Crippen LogP contribution in [0.5, 0.6) is 0 Å². The summed E-state index contributed by atoms with van der Waals surface area (Å²) >= 11 is 0. The van der Waals surface area contributed by atoms with Gasteiger partial charge in [0.05, 0.1) is 0 Å². The summed E-state index contributed by atoms with van der Waals surface area (Å²) in [5, 5.41) is 0. The number of nitrogens with zero attached hydrogens (tertiary/aromatic N) is 1. The molecule has 0 aliphatic rings. The minimum Gasteiger partial charge on any atom is -0.370 e. The second-order valence-electron chi connectivity index (χ2n) is 4.75. The van der Waals surface area contributed by atoms with Crippen molar-refractivity contribution in [1.29, 1.82) is 0 Å². The summed E-state index contributed by atoms with van der Waals surface area (Å²) in [7, 11) is 0. The van der Waals surface area contributed by atoms with Gasteiger partial charge in [-0.05, 0) is 36.4 Å². The van der Waals surface area contributed by atoms with Gasteiger partial charge >= 0.3 is 0 Å². The van der Waals surface area contributed by atoms with Gasteiger partial charge in [-0.2, -0.15) is 0 Å². The fourth-order valence-electron chi connectivity index (χ4n) is 2.03. The number of carbonyl (C=O) groups excluding carboxylic acids is 2. The van der Waals surface area contributed by atoms with Crippen LogP contribution >= 0.6 is 0 Å². The number of amides is 2. The van der Waals surface area contributed by atoms with Gasteiger partial charge in [-0.3, -0.25) is 9.59 Å². The molecule has 0 bridgehead atoms. The first kappa shape index (κ1) is 16.5. The highest BCUT2D eigenvalue weighted by Gasteiger charge is 2.24. The van der Waals surface area contributed by atoms with E-state index in [1.807, 2.05) is 0 Å². The van der Waals surface area contributed by atoms with Crippen molar-refractivity contribution < 1.29 is 22.8 Å². The van der Waals surface area contributed by atoms with Crippen LogP contribution in [0.15, 0.2) is 42.5 Å². The van der Waals surface area contributed by atoms with E-state index in [1.165, 1.54) is 12.1 Å². The van der Waals surface area contributed by atoms with Crippen LogP contribution in [0.1, 0.15) is 16.8 Å². The number of primary amides is 1. The lowest BCUT2D eigenvalue weighted by atomic mass is 10.1. The fourth-order valence-corrected chi connectivity index (χ4v) is 2.03. The van der Waals surface area contributed by atoms with E-state index in [-0.39, 0.29) is 18.7 Å². The number of hydrogen-bond acceptors (Lipinski definition) is 2. The predicted octanol–water partition coefficient (Wildman–Crippen LogP) is 2.63. The zero-order valence-corrected chi connectivity index (χ0v) is 11.9. The standard InChI is InChI=1S/C16H13F3N2O2/c17-10-4-6-11(7-5-10)21(9-8-14(20)22)16(23)15-12(18)2-1-3-13(15)19/h1-7H,8-9H2,(H2,20,22). The Morgan fingerprint density at radius 1 is 0.957 bits per heavy atom. The summed E-state index contributed by atoms with van der Waals surface area (Å²) < 4.78 is 40.6. The van der Waals surface area contributed by atoms with Crippen molar-refractivity contribution in [1.82, 2.24) is 0 Å². The maximum absolute atomic E-state index is 13.8. The largest absolute Gasteiger partial charge is 0.370 e. The van der Waals surface area contributed by atoms with E-state index >= 15 is 0 Å². The van der Waals surface area contributed by atoms with Crippen LogP contribution in [0.25, 0.3) is 0 Å². The molecule has 0 saturated carbocycles. The quantitative estimate of drug-likeness (QED) is 0.920. The molecule has 0 spiro atoms. The first-order chi connectivity index (χ1) is 10.9. The molecule has 0 aromatic heterocycles. The molecule has 120 valence electrons. The molecule has 2 rings (SSSR count). The van der Waals surface area contributed by atoms with E-state index < -0.39 is 34.8 Å². The molecule has 2 N–H and O–H groups in total. The Morgan fingerprint density at radius 3 is 2.04 bits per heavy atom. The average molecular weight is 322 g/mol. The van der Waals surface area contributed by atoms with Crippen LogP contribution in [0.3, 0.4) is 0 Å². The van der Waals surface area contributed by atoms with Gasteiger partial charge in [0.25, 0.3) is 5.91 Å². The Hall–Kier alpha value is -2.83. The van der Waals surface area contributed by atoms with Crippen molar-refractivity contribution >= 4 is 17.5 Å². The van der Waals surface area contributed by atoms with E-state index in [0.717, 1.165) is 35.2 Å². The zero-order chi connectivity index (χ0) is 17.0. The van der Waals surface area contributed by atoms with Crippen LogP contribution in [-0.2, 0) is 4.79 Å². The molecule has 0 atom stereocenters. The Labute approximate surface area is 130 Å². The number of anilines is 1. The van der Waals surface area contributed by atoms with Crippen molar-refractivity contribution in [3.63, 3.8) is 0 Å². The first-order valence-corrected chi connectivity index (χ1v) is 6.70. The van der Waals surface area contributed by atoms with Crippen LogP contribution < -0.4 is 10.6 Å². The van der Waals surface area contributed by atoms with Crippen molar-refractivity contribution in [2.45, 2.75) is 6.42 Å². The maximum atomic E-state index is 13.8. The van der Waals surface area contributed by atoms with Gasteiger partial charge in [0.15, 0.2) is 0 Å². The molecular formula is C16H13F3N2O2. The third kappa shape index (κ3) is 3.88. The third-order valence-electron chi connectivity index (χ3n) is 3.14. The molecule has 0 fully saturated rings. The summed E-state index contributed by atoms with van der Waals surface area (Å²) in [5.41, 5.74) is 4.50. The highest BCUT2D eigenvalue weighted by atomic mass is 19.1. The number of carbonyl (C=O) groups is 2. The van der Waals surface area contributed by atoms with E-state index in [0.29, 0.717) is 0 Å². The normalized spacial score (nSPS) is 10.4. The molecule has 0 unspecified atom stereocenters. The molecule has 0 aliphatic carbocycles. The second kappa shape index (κ2) is 6.95. The Bertz CT molecular complexity index is 712. The minimum absolute atomic E-state index is 0.187. The molecule has 2 aromatic carbocycles. The molecule has 2 amide bonds. The van der Waals surface area contributed by atoms with Crippen molar-refractivity contribution in [2.24, 2.45) is 5.73 Å². The SMILES string of the molecule is NC(=O)CCN(C(=O)c1c(F)cccc1F)c1ccc(F)cc1. The molecular weight excluding hydrogens is 309 g/mol. The number of halogens is 3. The van der Waals surface area contributed by atoms with Crippen molar-refractivity contribution in [3.8, 4) is 0 Å². The average Bonchev–Trinajstić information content (AvgIpc) is 2.48. The van der Waals surface area contributed by atoms with Crippen LogP contribution in [0, 0.1) is 17.5 Å². The van der Waals surface area contributed by atoms with Crippen molar-refractivity contribution in [2.75, 3.05) is 11.4 Å². The van der Waals surface area contributed by atoms with Gasteiger partial charge in [-0.25, -0.2) is 13.2 Å².